The van der Waals surface area contributed by atoms with Crippen molar-refractivity contribution >= 4 is 53.3 Å². The summed E-state index contributed by atoms with van der Waals surface area (Å²) in [5.41, 5.74) is 0. The molecular weight excluding hydrogens is 436 g/mol. The minimum atomic E-state index is -4.33. The molecule has 0 saturated heterocycles. The molecule has 0 unspecified atom stereocenters. The molecule has 0 bridgehead atoms. The predicted molar refractivity (Wildman–Crippen MR) is 47.9 cm³/mol. The van der Waals surface area contributed by atoms with Crippen LogP contribution in [0.5, 0.6) is 0 Å². The van der Waals surface area contributed by atoms with Gasteiger partial charge in [0.1, 0.15) is 10.1 Å². The van der Waals surface area contributed by atoms with Gasteiger partial charge in [0.2, 0.25) is 0 Å². The molecule has 0 aliphatic carbocycles. The molecule has 1 rings (SSSR count). The third-order valence-corrected chi connectivity index (χ3v) is 2.95. The molecule has 0 fully saturated rings. The number of hydrogen-bond acceptors (Lipinski definition) is 3. The summed E-state index contributed by atoms with van der Waals surface area (Å²) in [6, 6.07) is 5.89. The van der Waals surface area contributed by atoms with Crippen LogP contribution in [0.4, 0.5) is 0 Å². The van der Waals surface area contributed by atoms with Crippen molar-refractivity contribution in [2.24, 2.45) is 0 Å². The predicted octanol–water partition coefficient (Wildman–Crippen LogP) is 0.972. The van der Waals surface area contributed by atoms with Crippen molar-refractivity contribution in [3.05, 3.63) is 28.7 Å². The van der Waals surface area contributed by atoms with E-state index in [4.69, 9.17) is 0 Å². The Morgan fingerprint density at radius 1 is 1.25 bits per heavy atom. The van der Waals surface area contributed by atoms with Crippen LogP contribution in [0.2, 0.25) is 0 Å². The third kappa shape index (κ3) is 3.11. The topological polar surface area (TPSA) is 57.2 Å². The third-order valence-electron chi connectivity index (χ3n) is 1.11. The minimum Gasteiger partial charge on any atom is -0.744 e. The molecule has 0 amide bonds. The van der Waals surface area contributed by atoms with Crippen molar-refractivity contribution in [1.29, 1.82) is 0 Å². The van der Waals surface area contributed by atoms with Gasteiger partial charge >= 0.3 is 27.3 Å². The first-order valence-corrected chi connectivity index (χ1v) is 4.92. The zero-order valence-electron chi connectivity index (χ0n) is 5.90. The molecule has 3 nitrogen and oxygen atoms in total. The van der Waals surface area contributed by atoms with Crippen LogP contribution in [-0.2, 0) is 10.1 Å². The molecule has 0 saturated carbocycles. The Labute approximate surface area is 99.2 Å². The summed E-state index contributed by atoms with van der Waals surface area (Å²) in [5, 5.41) is 0. The Morgan fingerprint density at radius 2 is 1.75 bits per heavy atom. The van der Waals surface area contributed by atoms with E-state index in [2.05, 4.69) is 15.9 Å². The smallest absolute Gasteiger partial charge is 0.744 e. The first-order valence-electron chi connectivity index (χ1n) is 2.72. The summed E-state index contributed by atoms with van der Waals surface area (Å²) in [5.74, 6) is 0. The van der Waals surface area contributed by atoms with E-state index in [1.54, 1.807) is 6.07 Å². The van der Waals surface area contributed by atoms with Gasteiger partial charge in [-0.2, -0.15) is 0 Å². The van der Waals surface area contributed by atoms with Gasteiger partial charge in [-0.15, -0.1) is 0 Å². The molecule has 1 aromatic carbocycles. The number of benzene rings is 1. The van der Waals surface area contributed by atoms with E-state index in [0.717, 1.165) is 0 Å². The van der Waals surface area contributed by atoms with Crippen molar-refractivity contribution in [3.63, 3.8) is 0 Å². The van der Waals surface area contributed by atoms with E-state index < -0.39 is 10.1 Å². The summed E-state index contributed by atoms with van der Waals surface area (Å²) in [6.45, 7) is 0. The van der Waals surface area contributed by atoms with Crippen molar-refractivity contribution < 1.29 is 13.0 Å². The van der Waals surface area contributed by atoms with Crippen LogP contribution in [-0.4, -0.2) is 40.3 Å². The first kappa shape index (κ1) is 12.5. The van der Waals surface area contributed by atoms with Gasteiger partial charge in [0.15, 0.2) is 0 Å². The van der Waals surface area contributed by atoms with E-state index in [9.17, 15) is 13.0 Å². The number of hydrogen-bond donors (Lipinski definition) is 0. The SMILES string of the molecule is O=S(=O)([O-])c1ccccc1Br.[Tl+]. The average molecular weight is 440 g/mol. The molecule has 62 valence electrons. The average Bonchev–Trinajstić information content (AvgIpc) is 1.86. The molecule has 1 aromatic rings. The molecule has 0 aliphatic heterocycles. The maximum absolute atomic E-state index is 10.5. The van der Waals surface area contributed by atoms with Gasteiger partial charge in [-0.1, -0.05) is 12.1 Å². The van der Waals surface area contributed by atoms with Crippen LogP contribution in [0.25, 0.3) is 0 Å². The second-order valence-electron chi connectivity index (χ2n) is 1.88. The minimum absolute atomic E-state index is 0. The van der Waals surface area contributed by atoms with Crippen LogP contribution < -0.4 is 0 Å². The van der Waals surface area contributed by atoms with Crippen LogP contribution in [0.3, 0.4) is 0 Å². The normalized spacial score (nSPS) is 10.5. The summed E-state index contributed by atoms with van der Waals surface area (Å²) >= 11 is 2.95. The van der Waals surface area contributed by atoms with Gasteiger partial charge in [-0.05, 0) is 28.1 Å². The molecule has 0 aromatic heterocycles. The zero-order chi connectivity index (χ0) is 8.48. The number of rotatable bonds is 1. The van der Waals surface area contributed by atoms with E-state index in [1.165, 1.54) is 18.2 Å². The molecule has 0 radical (unpaired) electrons. The van der Waals surface area contributed by atoms with Gasteiger partial charge < -0.3 is 4.55 Å². The van der Waals surface area contributed by atoms with Gasteiger partial charge in [0.25, 0.3) is 0 Å². The van der Waals surface area contributed by atoms with Crippen molar-refractivity contribution in [3.8, 4) is 0 Å². The fraction of sp³-hybridized carbons (Fsp3) is 0. The van der Waals surface area contributed by atoms with E-state index in [0.29, 0.717) is 4.47 Å². The molecule has 12 heavy (non-hydrogen) atoms. The van der Waals surface area contributed by atoms with E-state index in [-0.39, 0.29) is 32.2 Å². The Kier molecular flexibility index (Phi) is 4.89. The van der Waals surface area contributed by atoms with Crippen LogP contribution in [0.15, 0.2) is 33.6 Å². The van der Waals surface area contributed by atoms with Crippen molar-refractivity contribution in [2.45, 2.75) is 4.90 Å². The standard InChI is InChI=1S/C6H5BrO3S.Tl/c7-5-3-1-2-4-6(5)11(8,9)10;/h1-4H,(H,8,9,10);/q;+1/p-1. The van der Waals surface area contributed by atoms with Gasteiger partial charge in [0.05, 0.1) is 4.90 Å². The molecule has 0 aliphatic rings. The molecule has 0 atom stereocenters. The molecular formula is C6H4BrO3STl. The summed E-state index contributed by atoms with van der Waals surface area (Å²) in [4.78, 5) is -0.222. The van der Waals surface area contributed by atoms with Gasteiger partial charge in [0, 0.05) is 4.47 Å². The fourth-order valence-corrected chi connectivity index (χ4v) is 2.08. The van der Waals surface area contributed by atoms with Crippen molar-refractivity contribution in [2.75, 3.05) is 0 Å². The number of halogens is 1. The van der Waals surface area contributed by atoms with E-state index >= 15 is 0 Å². The molecule has 6 heteroatoms. The van der Waals surface area contributed by atoms with Crippen LogP contribution in [0.1, 0.15) is 0 Å². The monoisotopic (exact) mass is 440 g/mol. The Bertz CT molecular complexity index is 363. The van der Waals surface area contributed by atoms with Gasteiger partial charge in [-0.3, -0.25) is 0 Å². The Balaban J connectivity index is 0.00000121. The van der Waals surface area contributed by atoms with Crippen LogP contribution >= 0.6 is 15.9 Å². The Morgan fingerprint density at radius 3 is 2.08 bits per heavy atom. The molecule has 0 heterocycles. The summed E-state index contributed by atoms with van der Waals surface area (Å²) in [7, 11) is -4.33. The largest absolute Gasteiger partial charge is 1.00 e. The zero-order valence-corrected chi connectivity index (χ0v) is 12.8. The summed E-state index contributed by atoms with van der Waals surface area (Å²) in [6.07, 6.45) is 0. The summed E-state index contributed by atoms with van der Waals surface area (Å²) < 4.78 is 31.7. The molecule has 0 N–H and O–H groups in total. The first-order chi connectivity index (χ1) is 5.02. The molecule has 0 spiro atoms. The van der Waals surface area contributed by atoms with E-state index in [1.807, 2.05) is 0 Å². The maximum atomic E-state index is 10.5. The fourth-order valence-electron chi connectivity index (χ4n) is 0.647. The second kappa shape index (κ2) is 4.68. The van der Waals surface area contributed by atoms with Crippen molar-refractivity contribution in [1.82, 2.24) is 0 Å². The maximum Gasteiger partial charge on any atom is 1.00 e. The quantitative estimate of drug-likeness (QED) is 0.483. The Hall–Kier alpha value is 0.532. The van der Waals surface area contributed by atoms with Crippen LogP contribution in [0, 0.1) is 0 Å². The van der Waals surface area contributed by atoms with Gasteiger partial charge in [-0.25, -0.2) is 8.42 Å². The second-order valence-corrected chi connectivity index (χ2v) is 4.09.